The van der Waals surface area contributed by atoms with Crippen molar-refractivity contribution in [3.8, 4) is 5.75 Å². The molecule has 0 spiro atoms. The van der Waals surface area contributed by atoms with E-state index in [0.717, 1.165) is 5.56 Å². The summed E-state index contributed by atoms with van der Waals surface area (Å²) in [7, 11) is 3.32. The molecule has 0 aliphatic rings. The molecule has 2 aromatic carbocycles. The van der Waals surface area contributed by atoms with Crippen molar-refractivity contribution < 1.29 is 14.3 Å². The Morgan fingerprint density at radius 1 is 1.11 bits per heavy atom. The zero-order chi connectivity index (χ0) is 19.2. The van der Waals surface area contributed by atoms with E-state index in [1.807, 2.05) is 12.1 Å². The molecule has 0 atom stereocenters. The Kier molecular flexibility index (Phi) is 5.47. The molecular weight excluding hydrogens is 342 g/mol. The summed E-state index contributed by atoms with van der Waals surface area (Å²) in [6.45, 7) is 0. The summed E-state index contributed by atoms with van der Waals surface area (Å²) in [6.07, 6.45) is 6.46. The fourth-order valence-electron chi connectivity index (χ4n) is 2.54. The predicted molar refractivity (Wildman–Crippen MR) is 104 cm³/mol. The van der Waals surface area contributed by atoms with Crippen molar-refractivity contribution in [2.45, 2.75) is 0 Å². The number of carbonyl (C=O) groups excluding carboxylic acids is 2. The highest BCUT2D eigenvalue weighted by molar-refractivity contribution is 6.06. The van der Waals surface area contributed by atoms with Gasteiger partial charge >= 0.3 is 0 Å². The molecule has 0 saturated heterocycles. The third-order valence-corrected chi connectivity index (χ3v) is 4.00. The van der Waals surface area contributed by atoms with Crippen LogP contribution in [0.5, 0.6) is 5.75 Å². The van der Waals surface area contributed by atoms with Gasteiger partial charge in [0.25, 0.3) is 5.91 Å². The number of allylic oxidation sites excluding steroid dienone is 1. The molecule has 0 aliphatic heterocycles. The molecular formula is C21H19N3O3. The first-order valence-corrected chi connectivity index (χ1v) is 8.32. The zero-order valence-corrected chi connectivity index (χ0v) is 15.0. The minimum absolute atomic E-state index is 0.180. The zero-order valence-electron chi connectivity index (χ0n) is 15.0. The average Bonchev–Trinajstić information content (AvgIpc) is 3.13. The first-order chi connectivity index (χ1) is 13.1. The first-order valence-electron chi connectivity index (χ1n) is 8.32. The maximum atomic E-state index is 12.4. The predicted octanol–water partition coefficient (Wildman–Crippen LogP) is 3.58. The Labute approximate surface area is 157 Å². The number of para-hydroxylation sites is 2. The molecule has 1 aromatic heterocycles. The number of nitrogens with zero attached hydrogens (tertiary/aromatic N) is 2. The summed E-state index contributed by atoms with van der Waals surface area (Å²) in [4.78, 5) is 28.5. The smallest absolute Gasteiger partial charge is 0.255 e. The van der Waals surface area contributed by atoms with Crippen LogP contribution in [0.3, 0.4) is 0 Å². The van der Waals surface area contributed by atoms with Gasteiger partial charge in [0.15, 0.2) is 5.82 Å². The summed E-state index contributed by atoms with van der Waals surface area (Å²) in [6, 6.07) is 14.2. The molecule has 1 N–H and O–H groups in total. The fourth-order valence-corrected chi connectivity index (χ4v) is 2.54. The van der Waals surface area contributed by atoms with E-state index in [0.29, 0.717) is 22.8 Å². The number of anilines is 1. The standard InChI is InChI=1S/C21H19N3O3/c1-24-14-13-22-20(24)18(25)12-9-15-7-10-16(11-8-15)21(26)23-17-5-3-4-6-19(17)27-2/h3-14H,1-2H3,(H,23,26)/b12-9+. The lowest BCUT2D eigenvalue weighted by Gasteiger charge is -2.09. The molecule has 3 aromatic rings. The SMILES string of the molecule is COc1ccccc1NC(=O)c1ccc(/C=C/C(=O)c2nccn2C)cc1. The van der Waals surface area contributed by atoms with E-state index in [1.165, 1.54) is 6.08 Å². The van der Waals surface area contributed by atoms with E-state index in [-0.39, 0.29) is 11.7 Å². The molecule has 0 aliphatic carbocycles. The van der Waals surface area contributed by atoms with Gasteiger partial charge in [-0.05, 0) is 35.9 Å². The van der Waals surface area contributed by atoms with Crippen LogP contribution in [0.25, 0.3) is 6.08 Å². The van der Waals surface area contributed by atoms with Gasteiger partial charge in [-0.3, -0.25) is 9.59 Å². The van der Waals surface area contributed by atoms with E-state index in [4.69, 9.17) is 4.74 Å². The summed E-state index contributed by atoms with van der Waals surface area (Å²) < 4.78 is 6.90. The molecule has 6 heteroatoms. The van der Waals surface area contributed by atoms with Gasteiger partial charge in [-0.25, -0.2) is 4.98 Å². The minimum atomic E-state index is -0.237. The van der Waals surface area contributed by atoms with Gasteiger partial charge < -0.3 is 14.6 Å². The monoisotopic (exact) mass is 361 g/mol. The Morgan fingerprint density at radius 3 is 2.52 bits per heavy atom. The van der Waals surface area contributed by atoms with Crippen LogP contribution in [0.2, 0.25) is 0 Å². The fraction of sp³-hybridized carbons (Fsp3) is 0.0952. The van der Waals surface area contributed by atoms with Gasteiger partial charge in [0.05, 0.1) is 12.8 Å². The topological polar surface area (TPSA) is 73.2 Å². The number of hydrogen-bond donors (Lipinski definition) is 1. The van der Waals surface area contributed by atoms with Gasteiger partial charge in [-0.2, -0.15) is 0 Å². The molecule has 136 valence electrons. The van der Waals surface area contributed by atoms with Crippen LogP contribution in [-0.4, -0.2) is 28.4 Å². The summed E-state index contributed by atoms with van der Waals surface area (Å²) >= 11 is 0. The van der Waals surface area contributed by atoms with Crippen molar-refractivity contribution in [2.24, 2.45) is 7.05 Å². The number of aryl methyl sites for hydroxylation is 1. The second kappa shape index (κ2) is 8.14. The van der Waals surface area contributed by atoms with Gasteiger partial charge in [-0.1, -0.05) is 30.3 Å². The number of carbonyl (C=O) groups is 2. The lowest BCUT2D eigenvalue weighted by Crippen LogP contribution is -2.12. The van der Waals surface area contributed by atoms with Crippen molar-refractivity contribution in [3.05, 3.63) is 84.0 Å². The number of aromatic nitrogens is 2. The number of ketones is 1. The van der Waals surface area contributed by atoms with Gasteiger partial charge in [0, 0.05) is 25.0 Å². The van der Waals surface area contributed by atoms with Gasteiger partial charge in [-0.15, -0.1) is 0 Å². The highest BCUT2D eigenvalue weighted by atomic mass is 16.5. The number of nitrogens with one attached hydrogen (secondary N) is 1. The number of amides is 1. The van der Waals surface area contributed by atoms with Crippen LogP contribution in [-0.2, 0) is 7.05 Å². The number of imidazole rings is 1. The Hall–Kier alpha value is -3.67. The van der Waals surface area contributed by atoms with Crippen LogP contribution in [0.4, 0.5) is 5.69 Å². The van der Waals surface area contributed by atoms with Crippen molar-refractivity contribution in [2.75, 3.05) is 12.4 Å². The largest absolute Gasteiger partial charge is 0.495 e. The number of ether oxygens (including phenoxy) is 1. The van der Waals surface area contributed by atoms with Crippen LogP contribution in [0, 0.1) is 0 Å². The molecule has 3 rings (SSSR count). The van der Waals surface area contributed by atoms with Crippen LogP contribution in [0.15, 0.2) is 67.0 Å². The molecule has 0 unspecified atom stereocenters. The lowest BCUT2D eigenvalue weighted by atomic mass is 10.1. The van der Waals surface area contributed by atoms with Crippen molar-refractivity contribution in [1.29, 1.82) is 0 Å². The number of benzene rings is 2. The molecule has 0 saturated carbocycles. The third-order valence-electron chi connectivity index (χ3n) is 4.00. The average molecular weight is 361 g/mol. The quantitative estimate of drug-likeness (QED) is 0.538. The summed E-state index contributed by atoms with van der Waals surface area (Å²) in [5, 5.41) is 2.83. The molecule has 1 heterocycles. The molecule has 0 fully saturated rings. The highest BCUT2D eigenvalue weighted by Gasteiger charge is 2.09. The first kappa shape index (κ1) is 18.1. The van der Waals surface area contributed by atoms with Crippen LogP contribution >= 0.6 is 0 Å². The van der Waals surface area contributed by atoms with E-state index < -0.39 is 0 Å². The second-order valence-corrected chi connectivity index (χ2v) is 5.84. The normalized spacial score (nSPS) is 10.7. The van der Waals surface area contributed by atoms with Gasteiger partial charge in [0.2, 0.25) is 5.78 Å². The van der Waals surface area contributed by atoms with Crippen LogP contribution < -0.4 is 10.1 Å². The Morgan fingerprint density at radius 2 is 1.85 bits per heavy atom. The van der Waals surface area contributed by atoms with Crippen molar-refractivity contribution >= 4 is 23.5 Å². The highest BCUT2D eigenvalue weighted by Crippen LogP contribution is 2.23. The second-order valence-electron chi connectivity index (χ2n) is 5.84. The maximum absolute atomic E-state index is 12.4. The van der Waals surface area contributed by atoms with Crippen molar-refractivity contribution in [3.63, 3.8) is 0 Å². The van der Waals surface area contributed by atoms with E-state index in [2.05, 4.69) is 10.3 Å². The number of methoxy groups -OCH3 is 1. The molecule has 0 bridgehead atoms. The summed E-state index contributed by atoms with van der Waals surface area (Å²) in [5.41, 5.74) is 1.93. The van der Waals surface area contributed by atoms with E-state index in [9.17, 15) is 9.59 Å². The molecule has 0 radical (unpaired) electrons. The van der Waals surface area contributed by atoms with Crippen molar-refractivity contribution in [1.82, 2.24) is 9.55 Å². The van der Waals surface area contributed by atoms with E-state index >= 15 is 0 Å². The molecule has 27 heavy (non-hydrogen) atoms. The molecule has 6 nitrogen and oxygen atoms in total. The Balaban J connectivity index is 1.68. The van der Waals surface area contributed by atoms with Gasteiger partial charge in [0.1, 0.15) is 5.75 Å². The number of rotatable bonds is 6. The summed E-state index contributed by atoms with van der Waals surface area (Å²) in [5.74, 6) is 0.553. The Bertz CT molecular complexity index is 988. The minimum Gasteiger partial charge on any atom is -0.495 e. The lowest BCUT2D eigenvalue weighted by molar-refractivity contribution is 0.102. The third kappa shape index (κ3) is 4.30. The molecule has 1 amide bonds. The number of hydrogen-bond acceptors (Lipinski definition) is 4. The van der Waals surface area contributed by atoms with Crippen LogP contribution in [0.1, 0.15) is 26.5 Å². The van der Waals surface area contributed by atoms with E-state index in [1.54, 1.807) is 73.6 Å². The maximum Gasteiger partial charge on any atom is 0.255 e.